The monoisotopic (exact) mass is 376 g/mol. The molecule has 0 bridgehead atoms. The molecule has 0 saturated carbocycles. The van der Waals surface area contributed by atoms with E-state index in [4.69, 9.17) is 9.31 Å². The summed E-state index contributed by atoms with van der Waals surface area (Å²) in [6.45, 7) is 1.65. The van der Waals surface area contributed by atoms with E-state index in [1.54, 1.807) is 19.2 Å². The Hall–Kier alpha value is -2.59. The van der Waals surface area contributed by atoms with Crippen LogP contribution in [0, 0.1) is 6.92 Å². The zero-order valence-corrected chi connectivity index (χ0v) is 15.1. The SMILES string of the molecule is Cc1ccc(S(=O)(=O)n2cccc2B2OC(=O)CN(C)CC(=O)O2)cc1. The Morgan fingerprint density at radius 3 is 2.15 bits per heavy atom. The number of carbonyl (C=O) groups excluding carboxylic acids is 2. The third kappa shape index (κ3) is 3.66. The van der Waals surface area contributed by atoms with Gasteiger partial charge in [0.1, 0.15) is 0 Å². The molecule has 26 heavy (non-hydrogen) atoms. The molecule has 0 atom stereocenters. The average molecular weight is 376 g/mol. The van der Waals surface area contributed by atoms with Crippen molar-refractivity contribution in [2.24, 2.45) is 0 Å². The summed E-state index contributed by atoms with van der Waals surface area (Å²) >= 11 is 0. The Morgan fingerprint density at radius 2 is 1.58 bits per heavy atom. The summed E-state index contributed by atoms with van der Waals surface area (Å²) < 4.78 is 37.1. The van der Waals surface area contributed by atoms with Gasteiger partial charge >= 0.3 is 19.1 Å². The highest BCUT2D eigenvalue weighted by molar-refractivity contribution is 7.90. The first-order chi connectivity index (χ1) is 12.3. The van der Waals surface area contributed by atoms with E-state index in [9.17, 15) is 18.0 Å². The van der Waals surface area contributed by atoms with Crippen molar-refractivity contribution >= 4 is 34.7 Å². The molecule has 1 fully saturated rings. The minimum atomic E-state index is -3.94. The average Bonchev–Trinajstić information content (AvgIpc) is 3.03. The smallest absolute Gasteiger partial charge is 0.493 e. The van der Waals surface area contributed by atoms with Crippen molar-refractivity contribution in [2.45, 2.75) is 11.8 Å². The maximum absolute atomic E-state index is 12.9. The van der Waals surface area contributed by atoms with Gasteiger partial charge in [-0.25, -0.2) is 12.4 Å². The van der Waals surface area contributed by atoms with E-state index in [0.29, 0.717) is 0 Å². The van der Waals surface area contributed by atoms with E-state index in [1.165, 1.54) is 35.4 Å². The zero-order valence-electron chi connectivity index (χ0n) is 14.3. The highest BCUT2D eigenvalue weighted by atomic mass is 32.2. The Bertz CT molecular complexity index is 918. The largest absolute Gasteiger partial charge is 0.655 e. The molecule has 1 aliphatic heterocycles. The van der Waals surface area contributed by atoms with Gasteiger partial charge in [-0.05, 0) is 38.2 Å². The van der Waals surface area contributed by atoms with Crippen LogP contribution in [0.15, 0.2) is 47.5 Å². The lowest BCUT2D eigenvalue weighted by Gasteiger charge is -2.23. The molecule has 0 N–H and O–H groups in total. The molecule has 0 spiro atoms. The fourth-order valence-corrected chi connectivity index (χ4v) is 3.92. The van der Waals surface area contributed by atoms with E-state index in [0.717, 1.165) is 9.54 Å². The van der Waals surface area contributed by atoms with E-state index in [2.05, 4.69) is 0 Å². The predicted molar refractivity (Wildman–Crippen MR) is 93.3 cm³/mol. The summed E-state index contributed by atoms with van der Waals surface area (Å²) in [6, 6.07) is 9.25. The maximum atomic E-state index is 12.9. The van der Waals surface area contributed by atoms with Gasteiger partial charge in [0, 0.05) is 6.20 Å². The number of aryl methyl sites for hydroxylation is 1. The van der Waals surface area contributed by atoms with Crippen molar-refractivity contribution in [1.82, 2.24) is 8.87 Å². The van der Waals surface area contributed by atoms with Gasteiger partial charge in [-0.1, -0.05) is 17.7 Å². The number of benzene rings is 1. The molecule has 3 rings (SSSR count). The minimum Gasteiger partial charge on any atom is -0.493 e. The van der Waals surface area contributed by atoms with Crippen molar-refractivity contribution in [3.05, 3.63) is 48.2 Å². The van der Waals surface area contributed by atoms with Crippen molar-refractivity contribution in [3.63, 3.8) is 0 Å². The Balaban J connectivity index is 1.98. The van der Waals surface area contributed by atoms with Gasteiger partial charge in [0.25, 0.3) is 10.0 Å². The van der Waals surface area contributed by atoms with Gasteiger partial charge in [-0.15, -0.1) is 0 Å². The van der Waals surface area contributed by atoms with Crippen LogP contribution in [0.1, 0.15) is 5.56 Å². The first kappa shape index (κ1) is 18.2. The van der Waals surface area contributed by atoms with Gasteiger partial charge < -0.3 is 9.31 Å². The molecule has 0 amide bonds. The van der Waals surface area contributed by atoms with Gasteiger partial charge in [0.15, 0.2) is 0 Å². The van der Waals surface area contributed by atoms with Crippen LogP contribution >= 0.6 is 0 Å². The van der Waals surface area contributed by atoms with E-state index in [1.807, 2.05) is 6.92 Å². The summed E-state index contributed by atoms with van der Waals surface area (Å²) in [5, 5.41) is 0. The van der Waals surface area contributed by atoms with Gasteiger partial charge in [0.2, 0.25) is 0 Å². The fourth-order valence-electron chi connectivity index (χ4n) is 2.56. The quantitative estimate of drug-likeness (QED) is 0.683. The van der Waals surface area contributed by atoms with Gasteiger partial charge in [-0.2, -0.15) is 0 Å². The van der Waals surface area contributed by atoms with E-state index in [-0.39, 0.29) is 23.6 Å². The van der Waals surface area contributed by atoms with Crippen LogP contribution in [0.3, 0.4) is 0 Å². The topological polar surface area (TPSA) is 94.9 Å². The van der Waals surface area contributed by atoms with Crippen LogP contribution in [0.5, 0.6) is 0 Å². The van der Waals surface area contributed by atoms with Crippen LogP contribution in [-0.4, -0.2) is 56.5 Å². The normalized spacial score (nSPS) is 16.6. The first-order valence-electron chi connectivity index (χ1n) is 7.84. The molecule has 1 aromatic carbocycles. The van der Waals surface area contributed by atoms with Crippen LogP contribution < -0.4 is 5.59 Å². The number of rotatable bonds is 3. The second-order valence-electron chi connectivity index (χ2n) is 6.03. The predicted octanol–water partition coefficient (Wildman–Crippen LogP) is -0.239. The molecular weight excluding hydrogens is 359 g/mol. The third-order valence-electron chi connectivity index (χ3n) is 3.84. The lowest BCUT2D eigenvalue weighted by molar-refractivity contribution is -0.145. The lowest BCUT2D eigenvalue weighted by atomic mass is 9.84. The maximum Gasteiger partial charge on any atom is 0.655 e. The molecule has 1 aromatic heterocycles. The molecule has 2 aromatic rings. The number of aromatic nitrogens is 1. The van der Waals surface area contributed by atoms with Crippen molar-refractivity contribution in [1.29, 1.82) is 0 Å². The van der Waals surface area contributed by atoms with E-state index >= 15 is 0 Å². The van der Waals surface area contributed by atoms with Gasteiger partial charge in [-0.3, -0.25) is 14.5 Å². The molecule has 1 saturated heterocycles. The molecule has 136 valence electrons. The van der Waals surface area contributed by atoms with Crippen LogP contribution in [-0.2, 0) is 28.9 Å². The molecule has 2 heterocycles. The lowest BCUT2D eigenvalue weighted by Crippen LogP contribution is -2.50. The number of carbonyl (C=O) groups is 2. The van der Waals surface area contributed by atoms with Crippen LogP contribution in [0.4, 0.5) is 0 Å². The van der Waals surface area contributed by atoms with E-state index < -0.39 is 29.1 Å². The zero-order chi connectivity index (χ0) is 18.9. The Kier molecular flexibility index (Phi) is 4.88. The molecule has 8 nitrogen and oxygen atoms in total. The fraction of sp³-hybridized carbons (Fsp3) is 0.250. The molecule has 0 aliphatic carbocycles. The molecule has 0 unspecified atom stereocenters. The number of nitrogens with zero attached hydrogens (tertiary/aromatic N) is 2. The van der Waals surface area contributed by atoms with Crippen molar-refractivity contribution < 1.29 is 27.3 Å². The highest BCUT2D eigenvalue weighted by Gasteiger charge is 2.38. The summed E-state index contributed by atoms with van der Waals surface area (Å²) in [6.07, 6.45) is 1.32. The van der Waals surface area contributed by atoms with Crippen LogP contribution in [0.25, 0.3) is 0 Å². The Labute approximate surface area is 151 Å². The summed E-state index contributed by atoms with van der Waals surface area (Å²) in [5.74, 6) is -1.24. The molecule has 0 radical (unpaired) electrons. The second kappa shape index (κ2) is 6.97. The van der Waals surface area contributed by atoms with Crippen molar-refractivity contribution in [3.8, 4) is 0 Å². The standard InChI is InChI=1S/C16H17BN2O6S/c1-12-5-7-13(8-6-12)26(22,23)19-9-3-4-14(19)17-24-15(20)10-18(2)11-16(21)25-17/h3-9H,10-11H2,1-2H3. The molecule has 1 aliphatic rings. The summed E-state index contributed by atoms with van der Waals surface area (Å²) in [4.78, 5) is 25.3. The van der Waals surface area contributed by atoms with Gasteiger partial charge in [0.05, 0.1) is 23.6 Å². The third-order valence-corrected chi connectivity index (χ3v) is 5.56. The highest BCUT2D eigenvalue weighted by Crippen LogP contribution is 2.15. The summed E-state index contributed by atoms with van der Waals surface area (Å²) in [5.41, 5.74) is 0.959. The number of likely N-dealkylation sites (N-methyl/N-ethyl adjacent to an activating group) is 1. The second-order valence-corrected chi connectivity index (χ2v) is 7.85. The minimum absolute atomic E-state index is 0.0387. The number of hydrogen-bond acceptors (Lipinski definition) is 7. The first-order valence-corrected chi connectivity index (χ1v) is 9.28. The summed E-state index contributed by atoms with van der Waals surface area (Å²) in [7, 11) is -3.79. The molecular formula is C16H17BN2O6S. The molecule has 10 heteroatoms. The number of hydrogen-bond donors (Lipinski definition) is 0. The van der Waals surface area contributed by atoms with Crippen LogP contribution in [0.2, 0.25) is 0 Å². The van der Waals surface area contributed by atoms with Crippen molar-refractivity contribution in [2.75, 3.05) is 20.1 Å². The Morgan fingerprint density at radius 1 is 1.00 bits per heavy atom.